The lowest BCUT2D eigenvalue weighted by Crippen LogP contribution is -2.02. The quantitative estimate of drug-likeness (QED) is 0.880. The zero-order valence-corrected chi connectivity index (χ0v) is 12.0. The average molecular weight is 301 g/mol. The van der Waals surface area contributed by atoms with Crippen LogP contribution in [0.15, 0.2) is 18.2 Å². The summed E-state index contributed by atoms with van der Waals surface area (Å²) in [7, 11) is 0. The summed E-state index contributed by atoms with van der Waals surface area (Å²) in [5, 5.41) is 4.23. The van der Waals surface area contributed by atoms with Gasteiger partial charge in [-0.2, -0.15) is 0 Å². The van der Waals surface area contributed by atoms with E-state index in [1.165, 1.54) is 0 Å². The van der Waals surface area contributed by atoms with Gasteiger partial charge in [0.05, 0.1) is 11.4 Å². The standard InChI is InChI=1S/C13H13ClN2O2.ClH/c1-2-15-13-9(6-14)3-8-4-11-12(18-7-17-11)5-10(8)16-13;/h3-5H,2,6-7H2,1H3,(H,15,16);1H. The molecule has 1 N–H and O–H groups in total. The van der Waals surface area contributed by atoms with Crippen LogP contribution < -0.4 is 14.8 Å². The van der Waals surface area contributed by atoms with Crippen LogP contribution in [0.1, 0.15) is 12.5 Å². The van der Waals surface area contributed by atoms with Crippen LogP contribution in [-0.4, -0.2) is 18.3 Å². The first-order valence-corrected chi connectivity index (χ1v) is 6.38. The van der Waals surface area contributed by atoms with Crippen molar-refractivity contribution >= 4 is 40.7 Å². The molecule has 0 bridgehead atoms. The Bertz CT molecular complexity index is 605. The molecule has 3 rings (SSSR count). The minimum Gasteiger partial charge on any atom is -0.454 e. The summed E-state index contributed by atoms with van der Waals surface area (Å²) >= 11 is 5.95. The van der Waals surface area contributed by atoms with E-state index in [0.717, 1.165) is 40.3 Å². The van der Waals surface area contributed by atoms with Crippen LogP contribution in [0.3, 0.4) is 0 Å². The molecule has 0 radical (unpaired) electrons. The summed E-state index contributed by atoms with van der Waals surface area (Å²) in [6.45, 7) is 3.12. The Morgan fingerprint density at radius 3 is 2.68 bits per heavy atom. The molecular formula is C13H14Cl2N2O2. The highest BCUT2D eigenvalue weighted by atomic mass is 35.5. The van der Waals surface area contributed by atoms with Gasteiger partial charge in [0.2, 0.25) is 6.79 Å². The fraction of sp³-hybridized carbons (Fsp3) is 0.308. The minimum atomic E-state index is 0. The van der Waals surface area contributed by atoms with Crippen molar-refractivity contribution in [2.75, 3.05) is 18.7 Å². The molecule has 0 atom stereocenters. The third kappa shape index (κ3) is 2.51. The van der Waals surface area contributed by atoms with Gasteiger partial charge in [0.1, 0.15) is 5.82 Å². The molecular weight excluding hydrogens is 287 g/mol. The van der Waals surface area contributed by atoms with E-state index in [2.05, 4.69) is 10.3 Å². The van der Waals surface area contributed by atoms with Crippen molar-refractivity contribution in [2.24, 2.45) is 0 Å². The summed E-state index contributed by atoms with van der Waals surface area (Å²) in [4.78, 5) is 4.58. The first kappa shape index (κ1) is 14.0. The molecule has 1 aliphatic heterocycles. The number of anilines is 1. The molecule has 19 heavy (non-hydrogen) atoms. The van der Waals surface area contributed by atoms with Crippen LogP contribution in [0.25, 0.3) is 10.9 Å². The van der Waals surface area contributed by atoms with E-state index in [-0.39, 0.29) is 19.2 Å². The molecule has 0 unspecified atom stereocenters. The Kier molecular flexibility index (Phi) is 4.22. The highest BCUT2D eigenvalue weighted by Gasteiger charge is 2.16. The topological polar surface area (TPSA) is 43.4 Å². The van der Waals surface area contributed by atoms with Crippen molar-refractivity contribution in [3.05, 3.63) is 23.8 Å². The molecule has 1 aromatic carbocycles. The second kappa shape index (κ2) is 5.72. The number of alkyl halides is 1. The summed E-state index contributed by atoms with van der Waals surface area (Å²) in [5.41, 5.74) is 1.87. The van der Waals surface area contributed by atoms with Gasteiger partial charge in [-0.25, -0.2) is 4.98 Å². The molecule has 4 nitrogen and oxygen atoms in total. The maximum Gasteiger partial charge on any atom is 0.231 e. The van der Waals surface area contributed by atoms with Gasteiger partial charge in [0, 0.05) is 23.6 Å². The molecule has 2 aromatic rings. The van der Waals surface area contributed by atoms with Crippen LogP contribution in [0.2, 0.25) is 0 Å². The predicted molar refractivity (Wildman–Crippen MR) is 78.8 cm³/mol. The minimum absolute atomic E-state index is 0. The Hall–Kier alpha value is -1.39. The first-order valence-electron chi connectivity index (χ1n) is 5.85. The van der Waals surface area contributed by atoms with Gasteiger partial charge < -0.3 is 14.8 Å². The van der Waals surface area contributed by atoms with E-state index in [1.807, 2.05) is 25.1 Å². The van der Waals surface area contributed by atoms with Gasteiger partial charge in [-0.15, -0.1) is 24.0 Å². The SMILES string of the molecule is CCNc1nc2cc3c(cc2cc1CCl)OCO3.Cl. The lowest BCUT2D eigenvalue weighted by Gasteiger charge is -2.10. The number of halogens is 2. The van der Waals surface area contributed by atoms with Gasteiger partial charge >= 0.3 is 0 Å². The van der Waals surface area contributed by atoms with Gasteiger partial charge in [-0.05, 0) is 19.1 Å². The Balaban J connectivity index is 0.00000133. The fourth-order valence-electron chi connectivity index (χ4n) is 2.03. The van der Waals surface area contributed by atoms with Gasteiger partial charge in [0.25, 0.3) is 0 Å². The van der Waals surface area contributed by atoms with E-state index >= 15 is 0 Å². The highest BCUT2D eigenvalue weighted by molar-refractivity contribution is 6.17. The maximum absolute atomic E-state index is 5.95. The van der Waals surface area contributed by atoms with Crippen LogP contribution in [-0.2, 0) is 5.88 Å². The lowest BCUT2D eigenvalue weighted by molar-refractivity contribution is 0.174. The number of hydrogen-bond acceptors (Lipinski definition) is 4. The van der Waals surface area contributed by atoms with E-state index in [9.17, 15) is 0 Å². The van der Waals surface area contributed by atoms with Crippen molar-refractivity contribution in [1.82, 2.24) is 4.98 Å². The number of nitrogens with zero attached hydrogens (tertiary/aromatic N) is 1. The maximum atomic E-state index is 5.95. The number of nitrogens with one attached hydrogen (secondary N) is 1. The first-order chi connectivity index (χ1) is 8.81. The van der Waals surface area contributed by atoms with Crippen LogP contribution in [0.5, 0.6) is 11.5 Å². The number of pyridine rings is 1. The third-order valence-corrected chi connectivity index (χ3v) is 3.16. The van der Waals surface area contributed by atoms with Crippen molar-refractivity contribution in [3.8, 4) is 11.5 Å². The zero-order chi connectivity index (χ0) is 12.5. The fourth-order valence-corrected chi connectivity index (χ4v) is 2.23. The van der Waals surface area contributed by atoms with E-state index in [1.54, 1.807) is 0 Å². The number of rotatable bonds is 3. The molecule has 0 fully saturated rings. The highest BCUT2D eigenvalue weighted by Crippen LogP contribution is 2.36. The van der Waals surface area contributed by atoms with Gasteiger partial charge in [-0.3, -0.25) is 0 Å². The molecule has 0 spiro atoms. The number of ether oxygens (including phenoxy) is 2. The van der Waals surface area contributed by atoms with Crippen molar-refractivity contribution in [1.29, 1.82) is 0 Å². The Morgan fingerprint density at radius 1 is 1.26 bits per heavy atom. The summed E-state index contributed by atoms with van der Waals surface area (Å²) in [6, 6.07) is 5.88. The smallest absolute Gasteiger partial charge is 0.231 e. The molecule has 0 saturated heterocycles. The zero-order valence-electron chi connectivity index (χ0n) is 10.4. The monoisotopic (exact) mass is 300 g/mol. The molecule has 0 amide bonds. The van der Waals surface area contributed by atoms with Gasteiger partial charge in [0.15, 0.2) is 11.5 Å². The van der Waals surface area contributed by atoms with Crippen LogP contribution in [0.4, 0.5) is 5.82 Å². The normalized spacial score (nSPS) is 12.3. The van der Waals surface area contributed by atoms with Crippen LogP contribution >= 0.6 is 24.0 Å². The van der Waals surface area contributed by atoms with Crippen molar-refractivity contribution < 1.29 is 9.47 Å². The molecule has 102 valence electrons. The third-order valence-electron chi connectivity index (χ3n) is 2.88. The second-order valence-electron chi connectivity index (χ2n) is 4.06. The number of fused-ring (bicyclic) bond motifs is 2. The number of benzene rings is 1. The molecule has 0 saturated carbocycles. The molecule has 1 aliphatic rings. The Labute approximate surface area is 122 Å². The van der Waals surface area contributed by atoms with Crippen molar-refractivity contribution in [3.63, 3.8) is 0 Å². The predicted octanol–water partition coefficient (Wildman–Crippen LogP) is 3.56. The van der Waals surface area contributed by atoms with Crippen molar-refractivity contribution in [2.45, 2.75) is 12.8 Å². The second-order valence-corrected chi connectivity index (χ2v) is 4.33. The van der Waals surface area contributed by atoms with Crippen LogP contribution in [0, 0.1) is 0 Å². The number of hydrogen-bond donors (Lipinski definition) is 1. The Morgan fingerprint density at radius 2 is 2.00 bits per heavy atom. The van der Waals surface area contributed by atoms with E-state index in [0.29, 0.717) is 5.88 Å². The lowest BCUT2D eigenvalue weighted by atomic mass is 10.1. The number of aromatic nitrogens is 1. The largest absolute Gasteiger partial charge is 0.454 e. The van der Waals surface area contributed by atoms with E-state index < -0.39 is 0 Å². The molecule has 6 heteroatoms. The van der Waals surface area contributed by atoms with Gasteiger partial charge in [-0.1, -0.05) is 0 Å². The molecule has 2 heterocycles. The average Bonchev–Trinajstić information content (AvgIpc) is 2.82. The summed E-state index contributed by atoms with van der Waals surface area (Å²) in [6.07, 6.45) is 0. The summed E-state index contributed by atoms with van der Waals surface area (Å²) < 4.78 is 10.7. The molecule has 1 aromatic heterocycles. The molecule has 0 aliphatic carbocycles. The summed E-state index contributed by atoms with van der Waals surface area (Å²) in [5.74, 6) is 2.77. The van der Waals surface area contributed by atoms with E-state index in [4.69, 9.17) is 21.1 Å².